The standard InChI is InChI=1S/C29H28Cl2N2O6/c1-16-25(17(2)39-33-16)29(38-4)14-6-9-23(37-3)26(29)19-12-10-18(11-13-19)15-22(28(35)36)32-27(34)24-20(30)7-5-8-21(24)31/h5-14,22,26H,15H2,1-4H3,(H,32,34)(H,35,36)/t22-,26?,29?/m0/s1. The Kier molecular flexibility index (Phi) is 8.49. The molecule has 8 nitrogen and oxygen atoms in total. The molecule has 1 aliphatic rings. The topological polar surface area (TPSA) is 111 Å². The molecule has 1 heterocycles. The number of methoxy groups -OCH3 is 2. The quantitative estimate of drug-likeness (QED) is 0.337. The van der Waals surface area contributed by atoms with Crippen LogP contribution in [0.5, 0.6) is 0 Å². The summed E-state index contributed by atoms with van der Waals surface area (Å²) in [5, 5.41) is 16.7. The molecule has 1 aromatic heterocycles. The predicted octanol–water partition coefficient (Wildman–Crippen LogP) is 5.75. The molecule has 0 bridgehead atoms. The molecule has 0 aliphatic heterocycles. The van der Waals surface area contributed by atoms with E-state index in [9.17, 15) is 14.7 Å². The molecule has 3 aromatic rings. The number of hydrogen-bond donors (Lipinski definition) is 2. The molecular formula is C29H28Cl2N2O6. The lowest BCUT2D eigenvalue weighted by Gasteiger charge is -2.40. The number of hydrogen-bond acceptors (Lipinski definition) is 6. The van der Waals surface area contributed by atoms with Crippen molar-refractivity contribution in [3.8, 4) is 0 Å². The normalized spacial score (nSPS) is 19.3. The molecule has 0 spiro atoms. The highest BCUT2D eigenvalue weighted by molar-refractivity contribution is 6.39. The van der Waals surface area contributed by atoms with Crippen molar-refractivity contribution in [1.82, 2.24) is 10.5 Å². The number of nitrogens with one attached hydrogen (secondary N) is 1. The van der Waals surface area contributed by atoms with Crippen LogP contribution in [0.4, 0.5) is 0 Å². The van der Waals surface area contributed by atoms with Crippen LogP contribution in [0.2, 0.25) is 10.0 Å². The van der Waals surface area contributed by atoms with Gasteiger partial charge in [-0.3, -0.25) is 4.79 Å². The molecule has 2 aromatic carbocycles. The molecule has 0 fully saturated rings. The number of nitrogens with zero attached hydrogens (tertiary/aromatic N) is 1. The Labute approximate surface area is 236 Å². The van der Waals surface area contributed by atoms with Crippen molar-refractivity contribution in [2.45, 2.75) is 37.8 Å². The second-order valence-corrected chi connectivity index (χ2v) is 9.98. The third-order valence-electron chi connectivity index (χ3n) is 6.86. The fourth-order valence-electron chi connectivity index (χ4n) is 5.07. The number of aromatic nitrogens is 1. The van der Waals surface area contributed by atoms with Crippen LogP contribution in [0.3, 0.4) is 0 Å². The third kappa shape index (κ3) is 5.45. The highest BCUT2D eigenvalue weighted by Crippen LogP contribution is 2.49. The van der Waals surface area contributed by atoms with Gasteiger partial charge in [0.25, 0.3) is 5.91 Å². The van der Waals surface area contributed by atoms with E-state index >= 15 is 0 Å². The number of halogens is 2. The fraction of sp³-hybridized carbons (Fsp3) is 0.276. The largest absolute Gasteiger partial charge is 0.500 e. The molecule has 3 atom stereocenters. The average molecular weight is 571 g/mol. The summed E-state index contributed by atoms with van der Waals surface area (Å²) in [4.78, 5) is 24.8. The number of carboxylic acid groups (broad SMARTS) is 1. The van der Waals surface area contributed by atoms with E-state index in [1.807, 2.05) is 56.3 Å². The van der Waals surface area contributed by atoms with Gasteiger partial charge in [-0.15, -0.1) is 0 Å². The van der Waals surface area contributed by atoms with E-state index in [1.54, 1.807) is 20.3 Å². The number of amides is 1. The molecule has 10 heteroatoms. The van der Waals surface area contributed by atoms with Crippen molar-refractivity contribution in [3.63, 3.8) is 0 Å². The average Bonchev–Trinajstić information content (AvgIpc) is 3.26. The van der Waals surface area contributed by atoms with E-state index in [0.717, 1.165) is 11.1 Å². The van der Waals surface area contributed by atoms with Crippen molar-refractivity contribution < 1.29 is 28.7 Å². The summed E-state index contributed by atoms with van der Waals surface area (Å²) < 4.78 is 17.4. The molecule has 0 saturated carbocycles. The van der Waals surface area contributed by atoms with E-state index in [2.05, 4.69) is 10.5 Å². The molecule has 0 radical (unpaired) electrons. The number of rotatable bonds is 9. The molecule has 1 aliphatic carbocycles. The lowest BCUT2D eigenvalue weighted by molar-refractivity contribution is -0.139. The van der Waals surface area contributed by atoms with E-state index in [4.69, 9.17) is 37.2 Å². The van der Waals surface area contributed by atoms with Gasteiger partial charge in [0.2, 0.25) is 0 Å². The van der Waals surface area contributed by atoms with Crippen LogP contribution in [-0.2, 0) is 26.3 Å². The van der Waals surface area contributed by atoms with Gasteiger partial charge in [0.15, 0.2) is 0 Å². The summed E-state index contributed by atoms with van der Waals surface area (Å²) in [7, 11) is 3.23. The number of aliphatic carboxylic acids is 1. The molecule has 2 N–H and O–H groups in total. The smallest absolute Gasteiger partial charge is 0.326 e. The second-order valence-electron chi connectivity index (χ2n) is 9.17. The number of aryl methyl sites for hydroxylation is 2. The van der Waals surface area contributed by atoms with Gasteiger partial charge in [-0.25, -0.2) is 4.79 Å². The Morgan fingerprint density at radius 3 is 2.33 bits per heavy atom. The molecular weight excluding hydrogens is 543 g/mol. The maximum atomic E-state index is 12.8. The third-order valence-corrected chi connectivity index (χ3v) is 7.49. The molecule has 0 saturated heterocycles. The van der Waals surface area contributed by atoms with Crippen molar-refractivity contribution in [2.24, 2.45) is 0 Å². The zero-order valence-corrected chi connectivity index (χ0v) is 23.3. The first kappa shape index (κ1) is 28.4. The maximum absolute atomic E-state index is 12.8. The first-order chi connectivity index (χ1) is 18.6. The Balaban J connectivity index is 1.63. The zero-order valence-electron chi connectivity index (χ0n) is 21.8. The van der Waals surface area contributed by atoms with Crippen LogP contribution >= 0.6 is 23.2 Å². The monoisotopic (exact) mass is 570 g/mol. The van der Waals surface area contributed by atoms with Crippen LogP contribution in [0.1, 0.15) is 44.4 Å². The minimum Gasteiger partial charge on any atom is -0.500 e. The maximum Gasteiger partial charge on any atom is 0.326 e. The highest BCUT2D eigenvalue weighted by Gasteiger charge is 2.47. The molecule has 204 valence electrons. The van der Waals surface area contributed by atoms with Crippen LogP contribution in [0.25, 0.3) is 0 Å². The summed E-state index contributed by atoms with van der Waals surface area (Å²) in [6, 6.07) is 10.9. The Morgan fingerprint density at radius 1 is 1.13 bits per heavy atom. The van der Waals surface area contributed by atoms with E-state index in [-0.39, 0.29) is 27.9 Å². The Morgan fingerprint density at radius 2 is 1.79 bits per heavy atom. The summed E-state index contributed by atoms with van der Waals surface area (Å²) in [6.07, 6.45) is 5.76. The molecule has 2 unspecified atom stereocenters. The van der Waals surface area contributed by atoms with Gasteiger partial charge in [0, 0.05) is 13.5 Å². The number of carbonyl (C=O) groups excluding carboxylic acids is 1. The van der Waals surface area contributed by atoms with Gasteiger partial charge in [-0.2, -0.15) is 0 Å². The van der Waals surface area contributed by atoms with Gasteiger partial charge in [0.1, 0.15) is 23.2 Å². The van der Waals surface area contributed by atoms with Crippen molar-refractivity contribution in [1.29, 1.82) is 0 Å². The molecule has 39 heavy (non-hydrogen) atoms. The Hall–Kier alpha value is -3.59. The van der Waals surface area contributed by atoms with E-state index in [1.165, 1.54) is 12.1 Å². The van der Waals surface area contributed by atoms with Crippen LogP contribution < -0.4 is 5.32 Å². The van der Waals surface area contributed by atoms with Gasteiger partial charge < -0.3 is 24.4 Å². The van der Waals surface area contributed by atoms with E-state index in [0.29, 0.717) is 22.8 Å². The first-order valence-corrected chi connectivity index (χ1v) is 12.9. The first-order valence-electron chi connectivity index (χ1n) is 12.1. The number of benzene rings is 2. The number of allylic oxidation sites excluding steroid dienone is 2. The zero-order chi connectivity index (χ0) is 28.3. The SMILES string of the molecule is COC1=CC=CC(OC)(c2c(C)noc2C)C1c1ccc(C[C@H](NC(=O)c2c(Cl)cccc2Cl)C(=O)O)cc1. The van der Waals surface area contributed by atoms with Crippen molar-refractivity contribution in [3.05, 3.63) is 110 Å². The van der Waals surface area contributed by atoms with Gasteiger partial charge >= 0.3 is 5.97 Å². The highest BCUT2D eigenvalue weighted by atomic mass is 35.5. The van der Waals surface area contributed by atoms with E-state index < -0.39 is 23.5 Å². The summed E-state index contributed by atoms with van der Waals surface area (Å²) in [6.45, 7) is 3.70. The predicted molar refractivity (Wildman–Crippen MR) is 147 cm³/mol. The minimum atomic E-state index is -1.21. The van der Waals surface area contributed by atoms with Gasteiger partial charge in [-0.05, 0) is 49.3 Å². The lowest BCUT2D eigenvalue weighted by atomic mass is 9.72. The summed E-state index contributed by atoms with van der Waals surface area (Å²) in [5.74, 6) is -0.908. The minimum absolute atomic E-state index is 0.0295. The van der Waals surface area contributed by atoms with Crippen LogP contribution in [0, 0.1) is 13.8 Å². The second kappa shape index (κ2) is 11.7. The molecule has 1 amide bonds. The van der Waals surface area contributed by atoms with Gasteiger partial charge in [0.05, 0.1) is 39.9 Å². The summed E-state index contributed by atoms with van der Waals surface area (Å²) in [5.41, 5.74) is 2.17. The van der Waals surface area contributed by atoms with Crippen molar-refractivity contribution in [2.75, 3.05) is 14.2 Å². The molecule has 4 rings (SSSR count). The van der Waals surface area contributed by atoms with Crippen LogP contribution in [-0.4, -0.2) is 42.4 Å². The fourth-order valence-corrected chi connectivity index (χ4v) is 5.64. The summed E-state index contributed by atoms with van der Waals surface area (Å²) >= 11 is 12.2. The number of carbonyl (C=O) groups is 2. The van der Waals surface area contributed by atoms with Crippen molar-refractivity contribution >= 4 is 35.1 Å². The van der Waals surface area contributed by atoms with Gasteiger partial charge in [-0.1, -0.05) is 64.8 Å². The number of carboxylic acids is 1. The lowest BCUT2D eigenvalue weighted by Crippen LogP contribution is -2.42. The van der Waals surface area contributed by atoms with Crippen LogP contribution in [0.15, 0.2) is 71.0 Å². The number of ether oxygens (including phenoxy) is 2. The Bertz CT molecular complexity index is 1410.